The van der Waals surface area contributed by atoms with E-state index in [1.807, 2.05) is 12.1 Å². The first-order valence-electron chi connectivity index (χ1n) is 4.22. The summed E-state index contributed by atoms with van der Waals surface area (Å²) in [6.45, 7) is 0. The highest BCUT2D eigenvalue weighted by Gasteiger charge is 2.07. The van der Waals surface area contributed by atoms with Gasteiger partial charge < -0.3 is 10.2 Å². The third-order valence-corrected chi connectivity index (χ3v) is 2.16. The zero-order valence-electron chi connectivity index (χ0n) is 7.27. The molecule has 0 saturated carbocycles. The van der Waals surface area contributed by atoms with Gasteiger partial charge in [-0.15, -0.1) is 0 Å². The zero-order valence-corrected chi connectivity index (χ0v) is 7.27. The molecule has 14 heavy (non-hydrogen) atoms. The van der Waals surface area contributed by atoms with E-state index in [4.69, 9.17) is 10.2 Å². The lowest BCUT2D eigenvalue weighted by atomic mass is 10.2. The van der Waals surface area contributed by atoms with E-state index >= 15 is 0 Å². The van der Waals surface area contributed by atoms with Crippen LogP contribution in [-0.2, 0) is 0 Å². The Morgan fingerprint density at radius 1 is 1.21 bits per heavy atom. The number of hydrogen-bond donors (Lipinski definition) is 1. The molecule has 0 aliphatic rings. The van der Waals surface area contributed by atoms with E-state index in [1.54, 1.807) is 12.3 Å². The van der Waals surface area contributed by atoms with Gasteiger partial charge in [-0.2, -0.15) is 0 Å². The van der Waals surface area contributed by atoms with Crippen molar-refractivity contribution >= 4 is 27.8 Å². The summed E-state index contributed by atoms with van der Waals surface area (Å²) in [5, 5.41) is 0.933. The van der Waals surface area contributed by atoms with Gasteiger partial charge in [0.1, 0.15) is 17.4 Å². The van der Waals surface area contributed by atoms with Gasteiger partial charge in [-0.1, -0.05) is 0 Å². The molecule has 0 aliphatic carbocycles. The molecule has 0 bridgehead atoms. The predicted octanol–water partition coefficient (Wildman–Crippen LogP) is 1.96. The Balaban J connectivity index is 2.58. The largest absolute Gasteiger partial charge is 0.453 e. The van der Waals surface area contributed by atoms with Crippen LogP contribution in [0.25, 0.3) is 22.1 Å². The number of benzene rings is 1. The monoisotopic (exact) mass is 185 g/mol. The summed E-state index contributed by atoms with van der Waals surface area (Å²) in [4.78, 5) is 8.04. The van der Waals surface area contributed by atoms with E-state index in [2.05, 4.69) is 9.97 Å². The second kappa shape index (κ2) is 2.45. The van der Waals surface area contributed by atoms with Crippen molar-refractivity contribution in [2.75, 3.05) is 5.73 Å². The summed E-state index contributed by atoms with van der Waals surface area (Å²) >= 11 is 0. The zero-order chi connectivity index (χ0) is 9.54. The van der Waals surface area contributed by atoms with Crippen molar-refractivity contribution in [1.29, 1.82) is 0 Å². The smallest absolute Gasteiger partial charge is 0.172 e. The molecular weight excluding hydrogens is 178 g/mol. The molecule has 4 heteroatoms. The first-order chi connectivity index (χ1) is 6.84. The number of nitrogens with two attached hydrogens (primary N) is 1. The Kier molecular flexibility index (Phi) is 1.28. The number of aromatic nitrogens is 2. The van der Waals surface area contributed by atoms with Gasteiger partial charge in [-0.3, -0.25) is 0 Å². The fraction of sp³-hybridized carbons (Fsp3) is 0. The van der Waals surface area contributed by atoms with Crippen molar-refractivity contribution in [1.82, 2.24) is 9.97 Å². The molecule has 2 aromatic heterocycles. The minimum Gasteiger partial charge on any atom is -0.453 e. The Hall–Kier alpha value is -2.10. The summed E-state index contributed by atoms with van der Waals surface area (Å²) in [6, 6.07) is 5.50. The van der Waals surface area contributed by atoms with Gasteiger partial charge in [0.2, 0.25) is 0 Å². The third kappa shape index (κ3) is 0.877. The maximum Gasteiger partial charge on any atom is 0.172 e. The SMILES string of the molecule is Nc1ccc2oc3cncnc3c2c1. The molecule has 0 radical (unpaired) electrons. The fourth-order valence-corrected chi connectivity index (χ4v) is 1.53. The van der Waals surface area contributed by atoms with Gasteiger partial charge in [-0.25, -0.2) is 9.97 Å². The van der Waals surface area contributed by atoms with E-state index < -0.39 is 0 Å². The quantitative estimate of drug-likeness (QED) is 0.543. The molecule has 0 spiro atoms. The highest BCUT2D eigenvalue weighted by molar-refractivity contribution is 6.03. The Labute approximate surface area is 79.4 Å². The number of fused-ring (bicyclic) bond motifs is 3. The Bertz CT molecular complexity index is 615. The van der Waals surface area contributed by atoms with Crippen molar-refractivity contribution in [3.8, 4) is 0 Å². The number of anilines is 1. The highest BCUT2D eigenvalue weighted by atomic mass is 16.3. The van der Waals surface area contributed by atoms with Gasteiger partial charge in [0, 0.05) is 11.1 Å². The molecule has 0 amide bonds. The van der Waals surface area contributed by atoms with Crippen LogP contribution in [0.15, 0.2) is 35.1 Å². The van der Waals surface area contributed by atoms with Crippen LogP contribution in [0, 0.1) is 0 Å². The van der Waals surface area contributed by atoms with E-state index in [9.17, 15) is 0 Å². The van der Waals surface area contributed by atoms with Gasteiger partial charge in [0.15, 0.2) is 5.58 Å². The van der Waals surface area contributed by atoms with Crippen LogP contribution in [-0.4, -0.2) is 9.97 Å². The average molecular weight is 185 g/mol. The van der Waals surface area contributed by atoms with Crippen LogP contribution >= 0.6 is 0 Å². The molecule has 1 aromatic carbocycles. The minimum absolute atomic E-state index is 0.688. The van der Waals surface area contributed by atoms with Gasteiger partial charge in [-0.05, 0) is 18.2 Å². The van der Waals surface area contributed by atoms with Crippen LogP contribution in [0.3, 0.4) is 0 Å². The van der Waals surface area contributed by atoms with E-state index in [1.165, 1.54) is 6.33 Å². The first-order valence-corrected chi connectivity index (χ1v) is 4.22. The average Bonchev–Trinajstić information content (AvgIpc) is 2.56. The van der Waals surface area contributed by atoms with Crippen LogP contribution in [0.4, 0.5) is 5.69 Å². The Morgan fingerprint density at radius 3 is 3.07 bits per heavy atom. The topological polar surface area (TPSA) is 64.9 Å². The molecule has 0 atom stereocenters. The van der Waals surface area contributed by atoms with Crippen LogP contribution in [0.2, 0.25) is 0 Å². The van der Waals surface area contributed by atoms with Gasteiger partial charge >= 0.3 is 0 Å². The number of furan rings is 1. The molecule has 3 aromatic rings. The maximum absolute atomic E-state index is 5.69. The van der Waals surface area contributed by atoms with Gasteiger partial charge in [0.25, 0.3) is 0 Å². The van der Waals surface area contributed by atoms with E-state index in [0.29, 0.717) is 11.3 Å². The summed E-state index contributed by atoms with van der Waals surface area (Å²) in [5.41, 5.74) is 8.68. The molecule has 2 heterocycles. The van der Waals surface area contributed by atoms with Crippen LogP contribution < -0.4 is 5.73 Å². The van der Waals surface area contributed by atoms with E-state index in [0.717, 1.165) is 16.5 Å². The predicted molar refractivity (Wildman–Crippen MR) is 53.7 cm³/mol. The molecule has 0 fully saturated rings. The van der Waals surface area contributed by atoms with Crippen molar-refractivity contribution in [2.24, 2.45) is 0 Å². The first kappa shape index (κ1) is 7.32. The molecule has 68 valence electrons. The molecular formula is C10H7N3O. The number of nitrogens with zero attached hydrogens (tertiary/aromatic N) is 2. The molecule has 0 aliphatic heterocycles. The Morgan fingerprint density at radius 2 is 2.14 bits per heavy atom. The lowest BCUT2D eigenvalue weighted by Crippen LogP contribution is -1.82. The van der Waals surface area contributed by atoms with Crippen LogP contribution in [0.5, 0.6) is 0 Å². The van der Waals surface area contributed by atoms with E-state index in [-0.39, 0.29) is 0 Å². The molecule has 2 N–H and O–H groups in total. The molecule has 0 unspecified atom stereocenters. The molecule has 4 nitrogen and oxygen atoms in total. The van der Waals surface area contributed by atoms with Crippen LogP contribution in [0.1, 0.15) is 0 Å². The van der Waals surface area contributed by atoms with Crippen molar-refractivity contribution in [3.05, 3.63) is 30.7 Å². The third-order valence-electron chi connectivity index (χ3n) is 2.16. The fourth-order valence-electron chi connectivity index (χ4n) is 1.53. The number of rotatable bonds is 0. The summed E-state index contributed by atoms with van der Waals surface area (Å²) in [5.74, 6) is 0. The summed E-state index contributed by atoms with van der Waals surface area (Å²) in [7, 11) is 0. The maximum atomic E-state index is 5.69. The van der Waals surface area contributed by atoms with Crippen molar-refractivity contribution in [2.45, 2.75) is 0 Å². The molecule has 3 rings (SSSR count). The number of hydrogen-bond acceptors (Lipinski definition) is 4. The molecule has 0 saturated heterocycles. The van der Waals surface area contributed by atoms with Gasteiger partial charge in [0.05, 0.1) is 6.20 Å². The standard InChI is InChI=1S/C10H7N3O/c11-6-1-2-8-7(3-6)10-9(14-8)4-12-5-13-10/h1-5H,11H2. The second-order valence-electron chi connectivity index (χ2n) is 3.09. The lowest BCUT2D eigenvalue weighted by Gasteiger charge is -1.90. The normalized spacial score (nSPS) is 11.1. The summed E-state index contributed by atoms with van der Waals surface area (Å²) in [6.07, 6.45) is 3.15. The van der Waals surface area contributed by atoms with Crippen molar-refractivity contribution < 1.29 is 4.42 Å². The lowest BCUT2D eigenvalue weighted by molar-refractivity contribution is 0.665. The summed E-state index contributed by atoms with van der Waals surface area (Å²) < 4.78 is 5.53. The number of nitrogen functional groups attached to an aromatic ring is 1. The highest BCUT2D eigenvalue weighted by Crippen LogP contribution is 2.27. The second-order valence-corrected chi connectivity index (χ2v) is 3.09. The minimum atomic E-state index is 0.688. The van der Waals surface area contributed by atoms with Crippen molar-refractivity contribution in [3.63, 3.8) is 0 Å².